The molecule has 2 amide bonds. The first-order valence-corrected chi connectivity index (χ1v) is 6.16. The van der Waals surface area contributed by atoms with Gasteiger partial charge < -0.3 is 15.7 Å². The van der Waals surface area contributed by atoms with Crippen LogP contribution in [0.4, 0.5) is 10.5 Å². The third-order valence-corrected chi connectivity index (χ3v) is 2.83. The molecule has 0 spiro atoms. The summed E-state index contributed by atoms with van der Waals surface area (Å²) < 4.78 is 0.837. The summed E-state index contributed by atoms with van der Waals surface area (Å²) in [5.74, 6) is 0. The SMILES string of the molecule is CC(C)(CO)NC(=O)Nc1ccc(Br)cc1Cl. The highest BCUT2D eigenvalue weighted by atomic mass is 79.9. The molecule has 0 atom stereocenters. The second kappa shape index (κ2) is 5.71. The van der Waals surface area contributed by atoms with Crippen molar-refractivity contribution in [1.82, 2.24) is 5.32 Å². The van der Waals surface area contributed by atoms with Crippen molar-refractivity contribution >= 4 is 39.2 Å². The number of urea groups is 1. The van der Waals surface area contributed by atoms with Gasteiger partial charge in [0.1, 0.15) is 0 Å². The van der Waals surface area contributed by atoms with Crippen molar-refractivity contribution in [2.24, 2.45) is 0 Å². The summed E-state index contributed by atoms with van der Waals surface area (Å²) in [5.41, 5.74) is -0.160. The van der Waals surface area contributed by atoms with E-state index in [9.17, 15) is 4.79 Å². The van der Waals surface area contributed by atoms with Gasteiger partial charge in [-0.05, 0) is 32.0 Å². The Morgan fingerprint density at radius 3 is 2.71 bits per heavy atom. The highest BCUT2D eigenvalue weighted by molar-refractivity contribution is 9.10. The van der Waals surface area contributed by atoms with Crippen LogP contribution in [0.2, 0.25) is 5.02 Å². The van der Waals surface area contributed by atoms with Gasteiger partial charge in [-0.1, -0.05) is 27.5 Å². The van der Waals surface area contributed by atoms with E-state index in [1.807, 2.05) is 0 Å². The zero-order valence-corrected chi connectivity index (χ0v) is 11.9. The van der Waals surface area contributed by atoms with Crippen LogP contribution in [-0.4, -0.2) is 23.3 Å². The predicted molar refractivity (Wildman–Crippen MR) is 72.5 cm³/mol. The van der Waals surface area contributed by atoms with Crippen LogP contribution in [0.25, 0.3) is 0 Å². The lowest BCUT2D eigenvalue weighted by Crippen LogP contribution is -2.48. The molecule has 0 aromatic heterocycles. The van der Waals surface area contributed by atoms with Gasteiger partial charge in [-0.2, -0.15) is 0 Å². The molecule has 0 aliphatic heterocycles. The van der Waals surface area contributed by atoms with E-state index >= 15 is 0 Å². The van der Waals surface area contributed by atoms with E-state index in [4.69, 9.17) is 16.7 Å². The summed E-state index contributed by atoms with van der Waals surface area (Å²) in [7, 11) is 0. The number of carbonyl (C=O) groups excluding carboxylic acids is 1. The zero-order chi connectivity index (χ0) is 13.1. The van der Waals surface area contributed by atoms with Gasteiger partial charge >= 0.3 is 6.03 Å². The van der Waals surface area contributed by atoms with Crippen molar-refractivity contribution in [1.29, 1.82) is 0 Å². The average Bonchev–Trinajstić information content (AvgIpc) is 2.21. The molecule has 94 valence electrons. The monoisotopic (exact) mass is 320 g/mol. The van der Waals surface area contributed by atoms with Crippen LogP contribution in [0.1, 0.15) is 13.8 Å². The minimum atomic E-state index is -0.675. The van der Waals surface area contributed by atoms with Crippen molar-refractivity contribution in [3.63, 3.8) is 0 Å². The van der Waals surface area contributed by atoms with Crippen LogP contribution in [0.5, 0.6) is 0 Å². The van der Waals surface area contributed by atoms with E-state index in [1.165, 1.54) is 0 Å². The minimum Gasteiger partial charge on any atom is -0.394 e. The lowest BCUT2D eigenvalue weighted by molar-refractivity contribution is 0.187. The number of nitrogens with one attached hydrogen (secondary N) is 2. The molecule has 6 heteroatoms. The van der Waals surface area contributed by atoms with E-state index < -0.39 is 11.6 Å². The van der Waals surface area contributed by atoms with E-state index in [0.717, 1.165) is 4.47 Å². The normalized spacial score (nSPS) is 11.1. The number of hydrogen-bond acceptors (Lipinski definition) is 2. The fraction of sp³-hybridized carbons (Fsp3) is 0.364. The molecule has 0 saturated heterocycles. The molecule has 0 saturated carbocycles. The molecule has 0 aliphatic rings. The lowest BCUT2D eigenvalue weighted by atomic mass is 10.1. The number of aliphatic hydroxyl groups excluding tert-OH is 1. The van der Waals surface area contributed by atoms with Gasteiger partial charge in [-0.15, -0.1) is 0 Å². The largest absolute Gasteiger partial charge is 0.394 e. The average molecular weight is 322 g/mol. The summed E-state index contributed by atoms with van der Waals surface area (Å²) in [5, 5.41) is 14.7. The van der Waals surface area contributed by atoms with E-state index in [0.29, 0.717) is 10.7 Å². The van der Waals surface area contributed by atoms with Crippen LogP contribution < -0.4 is 10.6 Å². The predicted octanol–water partition coefficient (Wildman–Crippen LogP) is 2.99. The number of halogens is 2. The Hall–Kier alpha value is -0.780. The second-order valence-electron chi connectivity index (χ2n) is 4.25. The second-order valence-corrected chi connectivity index (χ2v) is 5.57. The third kappa shape index (κ3) is 4.53. The summed E-state index contributed by atoms with van der Waals surface area (Å²) in [6.07, 6.45) is 0. The molecule has 1 aromatic carbocycles. The quantitative estimate of drug-likeness (QED) is 0.801. The number of hydrogen-bond donors (Lipinski definition) is 3. The Balaban J connectivity index is 2.69. The first-order valence-electron chi connectivity index (χ1n) is 4.99. The Bertz CT molecular complexity index is 424. The van der Waals surface area contributed by atoms with Crippen molar-refractivity contribution in [2.75, 3.05) is 11.9 Å². The maximum absolute atomic E-state index is 11.6. The molecular formula is C11H14BrClN2O2. The molecule has 1 aromatic rings. The van der Waals surface area contributed by atoms with Gasteiger partial charge in [0.25, 0.3) is 0 Å². The number of aliphatic hydroxyl groups is 1. The number of amides is 2. The van der Waals surface area contributed by atoms with Gasteiger partial charge in [0.15, 0.2) is 0 Å². The Kier molecular flexibility index (Phi) is 4.80. The molecule has 0 aliphatic carbocycles. The van der Waals surface area contributed by atoms with Gasteiger partial charge in [0.05, 0.1) is 22.9 Å². The van der Waals surface area contributed by atoms with Crippen molar-refractivity contribution in [3.8, 4) is 0 Å². The van der Waals surface area contributed by atoms with E-state index in [2.05, 4.69) is 26.6 Å². The molecule has 0 heterocycles. The molecule has 0 radical (unpaired) electrons. The van der Waals surface area contributed by atoms with E-state index in [1.54, 1.807) is 32.0 Å². The summed E-state index contributed by atoms with van der Waals surface area (Å²) in [6.45, 7) is 3.29. The minimum absolute atomic E-state index is 0.144. The van der Waals surface area contributed by atoms with Gasteiger partial charge in [0.2, 0.25) is 0 Å². The molecule has 0 unspecified atom stereocenters. The highest BCUT2D eigenvalue weighted by Gasteiger charge is 2.19. The molecule has 17 heavy (non-hydrogen) atoms. The van der Waals surface area contributed by atoms with Crippen molar-refractivity contribution in [2.45, 2.75) is 19.4 Å². The number of anilines is 1. The van der Waals surface area contributed by atoms with Crippen LogP contribution in [0.3, 0.4) is 0 Å². The van der Waals surface area contributed by atoms with Gasteiger partial charge in [0, 0.05) is 4.47 Å². The summed E-state index contributed by atoms with van der Waals surface area (Å²) in [6, 6.07) is 4.75. The molecule has 4 nitrogen and oxygen atoms in total. The fourth-order valence-electron chi connectivity index (χ4n) is 1.09. The smallest absolute Gasteiger partial charge is 0.319 e. The van der Waals surface area contributed by atoms with Crippen molar-refractivity contribution in [3.05, 3.63) is 27.7 Å². The van der Waals surface area contributed by atoms with Crippen LogP contribution in [0, 0.1) is 0 Å². The molecule has 0 bridgehead atoms. The maximum Gasteiger partial charge on any atom is 0.319 e. The summed E-state index contributed by atoms with van der Waals surface area (Å²) in [4.78, 5) is 11.6. The number of rotatable bonds is 3. The standard InChI is InChI=1S/C11H14BrClN2O2/c1-11(2,6-16)15-10(17)14-9-4-3-7(12)5-8(9)13/h3-5,16H,6H2,1-2H3,(H2,14,15,17). The maximum atomic E-state index is 11.6. The van der Waals surface area contributed by atoms with E-state index in [-0.39, 0.29) is 6.61 Å². The number of benzene rings is 1. The van der Waals surface area contributed by atoms with Crippen LogP contribution in [0.15, 0.2) is 22.7 Å². The molecule has 1 rings (SSSR count). The first kappa shape index (κ1) is 14.3. The van der Waals surface area contributed by atoms with Crippen LogP contribution in [-0.2, 0) is 0 Å². The fourth-order valence-corrected chi connectivity index (χ4v) is 1.81. The first-order chi connectivity index (χ1) is 7.84. The number of carbonyl (C=O) groups is 1. The molecular weight excluding hydrogens is 307 g/mol. The Morgan fingerprint density at radius 1 is 1.53 bits per heavy atom. The lowest BCUT2D eigenvalue weighted by Gasteiger charge is -2.23. The third-order valence-electron chi connectivity index (χ3n) is 2.03. The highest BCUT2D eigenvalue weighted by Crippen LogP contribution is 2.25. The van der Waals surface area contributed by atoms with Gasteiger partial charge in [-0.3, -0.25) is 0 Å². The summed E-state index contributed by atoms with van der Waals surface area (Å²) >= 11 is 9.23. The topological polar surface area (TPSA) is 61.4 Å². The Morgan fingerprint density at radius 2 is 2.18 bits per heavy atom. The zero-order valence-electron chi connectivity index (χ0n) is 9.55. The molecule has 3 N–H and O–H groups in total. The molecule has 0 fully saturated rings. The van der Waals surface area contributed by atoms with Crippen molar-refractivity contribution < 1.29 is 9.90 Å². The van der Waals surface area contributed by atoms with Gasteiger partial charge in [-0.25, -0.2) is 4.79 Å². The Labute approximate surface area is 113 Å². The van der Waals surface area contributed by atoms with Crippen LogP contribution >= 0.6 is 27.5 Å².